The molecule has 34 heavy (non-hydrogen) atoms. The van der Waals surface area contributed by atoms with Crippen LogP contribution in [0.4, 0.5) is 5.69 Å². The van der Waals surface area contributed by atoms with E-state index < -0.39 is 16.1 Å². The molecule has 0 unspecified atom stereocenters. The van der Waals surface area contributed by atoms with E-state index in [0.717, 1.165) is 16.3 Å². The summed E-state index contributed by atoms with van der Waals surface area (Å²) in [6, 6.07) is 13.3. The van der Waals surface area contributed by atoms with Crippen molar-refractivity contribution >= 4 is 55.1 Å². The summed E-state index contributed by atoms with van der Waals surface area (Å²) in [4.78, 5) is 27.4. The fraction of sp³-hybridized carbons (Fsp3) is 0.417. The van der Waals surface area contributed by atoms with Gasteiger partial charge in [-0.3, -0.25) is 13.9 Å². The molecule has 0 saturated heterocycles. The van der Waals surface area contributed by atoms with Crippen LogP contribution in [0, 0.1) is 0 Å². The van der Waals surface area contributed by atoms with E-state index in [9.17, 15) is 18.0 Å². The molecule has 0 spiro atoms. The van der Waals surface area contributed by atoms with Crippen LogP contribution in [0.3, 0.4) is 0 Å². The Morgan fingerprint density at radius 3 is 2.15 bits per heavy atom. The van der Waals surface area contributed by atoms with Crippen molar-refractivity contribution in [2.45, 2.75) is 52.2 Å². The molecule has 0 bridgehead atoms. The van der Waals surface area contributed by atoms with Crippen LogP contribution >= 0.6 is 27.5 Å². The van der Waals surface area contributed by atoms with E-state index >= 15 is 0 Å². The zero-order valence-corrected chi connectivity index (χ0v) is 23.0. The number of amides is 2. The van der Waals surface area contributed by atoms with E-state index in [0.29, 0.717) is 17.1 Å². The molecule has 0 aromatic heterocycles. The number of carbonyl (C=O) groups excluding carboxylic acids is 2. The Hall–Kier alpha value is -2.10. The lowest BCUT2D eigenvalue weighted by atomic mass is 10.1. The second-order valence-corrected chi connectivity index (χ2v) is 11.7. The Kier molecular flexibility index (Phi) is 10.4. The Morgan fingerprint density at radius 1 is 1.03 bits per heavy atom. The highest BCUT2D eigenvalue weighted by Crippen LogP contribution is 2.21. The molecule has 10 heteroatoms. The number of carbonyl (C=O) groups is 2. The van der Waals surface area contributed by atoms with Crippen molar-refractivity contribution in [1.29, 1.82) is 0 Å². The minimum absolute atomic E-state index is 0.0534. The standard InChI is InChI=1S/C24H31BrClN3O4S/c1-17(2)27-24(31)18(3)28(16-19-7-9-20(25)10-8-19)23(30)6-5-15-29(34(4,32)33)22-13-11-21(26)12-14-22/h7-14,17-18H,5-6,15-16H2,1-4H3,(H,27,31)/t18-/m0/s1. The van der Waals surface area contributed by atoms with Gasteiger partial charge in [0, 0.05) is 35.0 Å². The molecule has 2 aromatic carbocycles. The molecule has 2 amide bonds. The number of anilines is 1. The van der Waals surface area contributed by atoms with Crippen molar-refractivity contribution in [3.8, 4) is 0 Å². The molecular weight excluding hydrogens is 542 g/mol. The summed E-state index contributed by atoms with van der Waals surface area (Å²) in [6.45, 7) is 5.83. The summed E-state index contributed by atoms with van der Waals surface area (Å²) in [7, 11) is -3.55. The number of sulfonamides is 1. The zero-order chi connectivity index (χ0) is 25.5. The largest absolute Gasteiger partial charge is 0.352 e. The molecule has 0 aliphatic rings. The smallest absolute Gasteiger partial charge is 0.242 e. The van der Waals surface area contributed by atoms with Gasteiger partial charge in [0.1, 0.15) is 6.04 Å². The van der Waals surface area contributed by atoms with Gasteiger partial charge in [-0.2, -0.15) is 0 Å². The first-order valence-electron chi connectivity index (χ1n) is 11.0. The van der Waals surface area contributed by atoms with Crippen LogP contribution in [0.2, 0.25) is 5.02 Å². The number of rotatable bonds is 11. The lowest BCUT2D eigenvalue weighted by molar-refractivity contribution is -0.140. The zero-order valence-electron chi connectivity index (χ0n) is 19.8. The van der Waals surface area contributed by atoms with Crippen molar-refractivity contribution < 1.29 is 18.0 Å². The maximum Gasteiger partial charge on any atom is 0.242 e. The molecule has 2 rings (SSSR count). The topological polar surface area (TPSA) is 86.8 Å². The Balaban J connectivity index is 2.15. The van der Waals surface area contributed by atoms with Crippen LogP contribution in [-0.2, 0) is 26.2 Å². The number of nitrogens with zero attached hydrogens (tertiary/aromatic N) is 2. The maximum absolute atomic E-state index is 13.2. The van der Waals surface area contributed by atoms with Gasteiger partial charge in [-0.15, -0.1) is 0 Å². The highest BCUT2D eigenvalue weighted by molar-refractivity contribution is 9.10. The highest BCUT2D eigenvalue weighted by Gasteiger charge is 2.27. The molecule has 0 fully saturated rings. The minimum Gasteiger partial charge on any atom is -0.352 e. The molecule has 0 heterocycles. The number of nitrogens with one attached hydrogen (secondary N) is 1. The average molecular weight is 573 g/mol. The number of hydrogen-bond acceptors (Lipinski definition) is 4. The fourth-order valence-corrected chi connectivity index (χ4v) is 4.74. The number of hydrogen-bond donors (Lipinski definition) is 1. The van der Waals surface area contributed by atoms with Crippen molar-refractivity contribution in [3.05, 3.63) is 63.6 Å². The van der Waals surface area contributed by atoms with Crippen LogP contribution in [0.5, 0.6) is 0 Å². The van der Waals surface area contributed by atoms with E-state index in [4.69, 9.17) is 11.6 Å². The first-order chi connectivity index (χ1) is 15.9. The third kappa shape index (κ3) is 8.60. The second-order valence-electron chi connectivity index (χ2n) is 8.40. The van der Waals surface area contributed by atoms with Crippen molar-refractivity contribution in [3.63, 3.8) is 0 Å². The van der Waals surface area contributed by atoms with Crippen LogP contribution in [-0.4, -0.2) is 50.0 Å². The predicted octanol–water partition coefficient (Wildman–Crippen LogP) is 4.59. The van der Waals surface area contributed by atoms with Crippen LogP contribution in [0.25, 0.3) is 0 Å². The highest BCUT2D eigenvalue weighted by atomic mass is 79.9. The predicted molar refractivity (Wildman–Crippen MR) is 140 cm³/mol. The van der Waals surface area contributed by atoms with Gasteiger partial charge in [-0.05, 0) is 69.2 Å². The fourth-order valence-electron chi connectivity index (χ4n) is 3.39. The average Bonchev–Trinajstić information content (AvgIpc) is 2.75. The third-order valence-corrected chi connectivity index (χ3v) is 7.11. The normalized spacial score (nSPS) is 12.3. The summed E-state index contributed by atoms with van der Waals surface area (Å²) in [6.07, 6.45) is 1.51. The summed E-state index contributed by atoms with van der Waals surface area (Å²) in [5.74, 6) is -0.460. The van der Waals surface area contributed by atoms with Crippen LogP contribution in [0.15, 0.2) is 53.0 Å². The van der Waals surface area contributed by atoms with E-state index in [1.54, 1.807) is 31.2 Å². The van der Waals surface area contributed by atoms with E-state index in [1.807, 2.05) is 38.1 Å². The van der Waals surface area contributed by atoms with Crippen molar-refractivity contribution in [1.82, 2.24) is 10.2 Å². The van der Waals surface area contributed by atoms with E-state index in [-0.39, 0.29) is 37.4 Å². The lowest BCUT2D eigenvalue weighted by Gasteiger charge is -2.30. The SMILES string of the molecule is CC(C)NC(=O)[C@H](C)N(Cc1ccc(Br)cc1)C(=O)CCCN(c1ccc(Cl)cc1)S(C)(=O)=O. The van der Waals surface area contributed by atoms with Crippen molar-refractivity contribution in [2.24, 2.45) is 0 Å². The molecule has 1 atom stereocenters. The summed E-state index contributed by atoms with van der Waals surface area (Å²) < 4.78 is 26.8. The van der Waals surface area contributed by atoms with Gasteiger partial charge in [0.05, 0.1) is 11.9 Å². The third-order valence-electron chi connectivity index (χ3n) is 5.13. The first-order valence-corrected chi connectivity index (χ1v) is 14.0. The number of halogens is 2. The summed E-state index contributed by atoms with van der Waals surface area (Å²) in [5, 5.41) is 3.36. The minimum atomic E-state index is -3.55. The molecule has 0 saturated carbocycles. The molecule has 0 radical (unpaired) electrons. The van der Waals surface area contributed by atoms with Gasteiger partial charge < -0.3 is 10.2 Å². The maximum atomic E-state index is 13.2. The quantitative estimate of drug-likeness (QED) is 0.427. The van der Waals surface area contributed by atoms with Crippen LogP contribution < -0.4 is 9.62 Å². The van der Waals surface area contributed by atoms with Gasteiger partial charge in [0.25, 0.3) is 0 Å². The Bertz CT molecular complexity index is 1080. The Labute approximate surface area is 215 Å². The molecule has 7 nitrogen and oxygen atoms in total. The van der Waals surface area contributed by atoms with Gasteiger partial charge in [0.15, 0.2) is 0 Å². The van der Waals surface area contributed by atoms with Crippen LogP contribution in [0.1, 0.15) is 39.2 Å². The van der Waals surface area contributed by atoms with E-state index in [1.165, 1.54) is 9.21 Å². The lowest BCUT2D eigenvalue weighted by Crippen LogP contribution is -2.49. The number of benzene rings is 2. The molecule has 2 aromatic rings. The molecular formula is C24H31BrClN3O4S. The van der Waals surface area contributed by atoms with E-state index in [2.05, 4.69) is 21.2 Å². The van der Waals surface area contributed by atoms with Crippen molar-refractivity contribution in [2.75, 3.05) is 17.1 Å². The summed E-state index contributed by atoms with van der Waals surface area (Å²) in [5.41, 5.74) is 1.37. The van der Waals surface area contributed by atoms with Gasteiger partial charge >= 0.3 is 0 Å². The molecule has 186 valence electrons. The monoisotopic (exact) mass is 571 g/mol. The Morgan fingerprint density at radius 2 is 1.62 bits per heavy atom. The first kappa shape index (κ1) is 28.1. The molecule has 0 aliphatic carbocycles. The van der Waals surface area contributed by atoms with Gasteiger partial charge in [-0.25, -0.2) is 8.42 Å². The molecule has 1 N–H and O–H groups in total. The van der Waals surface area contributed by atoms with Gasteiger partial charge in [0.2, 0.25) is 21.8 Å². The molecule has 0 aliphatic heterocycles. The van der Waals surface area contributed by atoms with Gasteiger partial charge in [-0.1, -0.05) is 39.7 Å². The summed E-state index contributed by atoms with van der Waals surface area (Å²) >= 11 is 9.32. The second kappa shape index (κ2) is 12.6.